The number of thiol groups is 1. The van der Waals surface area contributed by atoms with Crippen molar-refractivity contribution in [3.63, 3.8) is 0 Å². The first-order valence-electron chi connectivity index (χ1n) is 10.8. The van der Waals surface area contributed by atoms with Crippen molar-refractivity contribution in [1.29, 1.82) is 0 Å². The van der Waals surface area contributed by atoms with Crippen LogP contribution in [0.4, 0.5) is 0 Å². The number of aromatic nitrogens is 1. The number of H-pyrrole nitrogens is 1. The van der Waals surface area contributed by atoms with E-state index in [-0.39, 0.29) is 12.3 Å². The van der Waals surface area contributed by atoms with Crippen molar-refractivity contribution < 1.29 is 19.5 Å². The number of carbonyl (C=O) groups excluding carboxylic acids is 2. The molecule has 4 N–H and O–H groups in total. The van der Waals surface area contributed by atoms with Crippen molar-refractivity contribution in [2.24, 2.45) is 5.92 Å². The maximum absolute atomic E-state index is 13.2. The Morgan fingerprint density at radius 3 is 2.52 bits per heavy atom. The number of benzene rings is 1. The number of hydrogen-bond donors (Lipinski definition) is 5. The van der Waals surface area contributed by atoms with E-state index in [1.165, 1.54) is 0 Å². The van der Waals surface area contributed by atoms with Crippen LogP contribution in [0.15, 0.2) is 30.5 Å². The molecule has 1 aromatic carbocycles. The van der Waals surface area contributed by atoms with Gasteiger partial charge < -0.3 is 20.7 Å². The first-order valence-corrected chi connectivity index (χ1v) is 11.3. The Hall–Kier alpha value is -2.48. The van der Waals surface area contributed by atoms with E-state index in [1.54, 1.807) is 6.20 Å². The van der Waals surface area contributed by atoms with Gasteiger partial charge in [0.25, 0.3) is 0 Å². The zero-order chi connectivity index (χ0) is 22.6. The molecule has 0 aliphatic heterocycles. The Bertz CT molecular complexity index is 949. The van der Waals surface area contributed by atoms with Crippen LogP contribution in [0.5, 0.6) is 0 Å². The minimum atomic E-state index is -1.11. The first-order chi connectivity index (χ1) is 14.7. The Morgan fingerprint density at radius 1 is 1.19 bits per heavy atom. The molecule has 1 aliphatic rings. The van der Waals surface area contributed by atoms with Gasteiger partial charge in [0.15, 0.2) is 0 Å². The van der Waals surface area contributed by atoms with Crippen molar-refractivity contribution in [2.75, 3.05) is 0 Å². The summed E-state index contributed by atoms with van der Waals surface area (Å²) in [6.07, 6.45) is 5.11. The topological polar surface area (TPSA) is 111 Å². The summed E-state index contributed by atoms with van der Waals surface area (Å²) in [5.74, 6) is -1.52. The predicted octanol–water partition coefficient (Wildman–Crippen LogP) is 3.05. The van der Waals surface area contributed by atoms with Crippen LogP contribution in [-0.4, -0.2) is 44.7 Å². The molecule has 2 amide bonds. The fourth-order valence-corrected chi connectivity index (χ4v) is 4.76. The molecule has 1 heterocycles. The zero-order valence-electron chi connectivity index (χ0n) is 18.0. The largest absolute Gasteiger partial charge is 0.480 e. The van der Waals surface area contributed by atoms with E-state index in [9.17, 15) is 19.5 Å². The number of carboxylic acids is 1. The van der Waals surface area contributed by atoms with Crippen LogP contribution in [0.2, 0.25) is 0 Å². The summed E-state index contributed by atoms with van der Waals surface area (Å²) >= 11 is 4.40. The lowest BCUT2D eigenvalue weighted by Crippen LogP contribution is -2.61. The highest BCUT2D eigenvalue weighted by molar-refractivity contribution is 7.81. The van der Waals surface area contributed by atoms with E-state index in [0.29, 0.717) is 25.2 Å². The molecule has 1 saturated carbocycles. The molecule has 31 heavy (non-hydrogen) atoms. The lowest BCUT2D eigenvalue weighted by atomic mass is 9.94. The van der Waals surface area contributed by atoms with Crippen molar-refractivity contribution in [1.82, 2.24) is 15.6 Å². The fraction of sp³-hybridized carbons (Fsp3) is 0.522. The van der Waals surface area contributed by atoms with E-state index in [2.05, 4.69) is 28.2 Å². The molecular formula is C23H31N3O4S. The van der Waals surface area contributed by atoms with Gasteiger partial charge in [-0.1, -0.05) is 44.9 Å². The normalized spacial score (nSPS) is 17.4. The van der Waals surface area contributed by atoms with E-state index >= 15 is 0 Å². The van der Waals surface area contributed by atoms with Crippen LogP contribution < -0.4 is 10.6 Å². The minimum absolute atomic E-state index is 0.150. The molecule has 1 aromatic heterocycles. The van der Waals surface area contributed by atoms with Gasteiger partial charge in [0, 0.05) is 23.5 Å². The van der Waals surface area contributed by atoms with Gasteiger partial charge in [0.1, 0.15) is 11.6 Å². The predicted molar refractivity (Wildman–Crippen MR) is 123 cm³/mol. The number of nitrogens with one attached hydrogen (secondary N) is 3. The van der Waals surface area contributed by atoms with Gasteiger partial charge >= 0.3 is 5.97 Å². The van der Waals surface area contributed by atoms with E-state index in [1.807, 2.05) is 38.1 Å². The highest BCUT2D eigenvalue weighted by Gasteiger charge is 2.44. The Morgan fingerprint density at radius 2 is 1.87 bits per heavy atom. The minimum Gasteiger partial charge on any atom is -0.480 e. The summed E-state index contributed by atoms with van der Waals surface area (Å²) in [4.78, 5) is 41.0. The van der Waals surface area contributed by atoms with Gasteiger partial charge in [-0.25, -0.2) is 4.79 Å². The number of amides is 2. The summed E-state index contributed by atoms with van der Waals surface area (Å²) in [6, 6.07) is 6.54. The number of aromatic amines is 1. The molecule has 8 heteroatoms. The third-order valence-electron chi connectivity index (χ3n) is 5.95. The maximum atomic E-state index is 13.2. The van der Waals surface area contributed by atoms with Crippen molar-refractivity contribution in [3.05, 3.63) is 36.0 Å². The van der Waals surface area contributed by atoms with E-state index in [0.717, 1.165) is 29.3 Å². The van der Waals surface area contributed by atoms with Crippen LogP contribution in [0.3, 0.4) is 0 Å². The molecule has 2 aromatic rings. The molecule has 0 unspecified atom stereocenters. The van der Waals surface area contributed by atoms with E-state index in [4.69, 9.17) is 0 Å². The number of rotatable bonds is 9. The summed E-state index contributed by atoms with van der Waals surface area (Å²) in [5.41, 5.74) is 0.654. The lowest BCUT2D eigenvalue weighted by molar-refractivity contribution is -0.143. The molecule has 7 nitrogen and oxygen atoms in total. The van der Waals surface area contributed by atoms with E-state index < -0.39 is 28.7 Å². The van der Waals surface area contributed by atoms with Crippen LogP contribution >= 0.6 is 12.6 Å². The lowest BCUT2D eigenvalue weighted by Gasteiger charge is -2.31. The van der Waals surface area contributed by atoms with Gasteiger partial charge in [-0.2, -0.15) is 12.6 Å². The van der Waals surface area contributed by atoms with Crippen LogP contribution in [0, 0.1) is 5.92 Å². The highest BCUT2D eigenvalue weighted by atomic mass is 32.1. The van der Waals surface area contributed by atoms with Gasteiger partial charge in [0.05, 0.1) is 5.25 Å². The molecule has 1 fully saturated rings. The first kappa shape index (κ1) is 23.2. The highest BCUT2D eigenvalue weighted by Crippen LogP contribution is 2.31. The standard InChI is InChI=1S/C23H31N3O4S/c1-14(2)11-19(31)20(27)26-23(9-5-6-10-23)22(30)25-18(21(28)29)12-15-13-24-17-8-4-3-7-16(15)17/h3-4,7-8,13-14,18-19,24,31H,5-6,9-12H2,1-2H3,(H,25,30)(H,26,27)(H,28,29)/t18-,19+/m0/s1. The Kier molecular flexibility index (Phi) is 7.30. The fourth-order valence-electron chi connectivity index (χ4n) is 4.28. The van der Waals surface area contributed by atoms with Crippen molar-refractivity contribution in [2.45, 2.75) is 69.2 Å². The average Bonchev–Trinajstić information content (AvgIpc) is 3.35. The molecule has 2 atom stereocenters. The summed E-state index contributed by atoms with van der Waals surface area (Å²) in [5, 5.41) is 15.8. The third-order valence-corrected chi connectivity index (χ3v) is 6.40. The number of carbonyl (C=O) groups is 3. The second-order valence-corrected chi connectivity index (χ2v) is 9.48. The quantitative estimate of drug-likeness (QED) is 0.382. The molecule has 0 spiro atoms. The summed E-state index contributed by atoms with van der Waals surface area (Å²) in [6.45, 7) is 4.02. The average molecular weight is 446 g/mol. The van der Waals surface area contributed by atoms with Gasteiger partial charge in [-0.05, 0) is 36.8 Å². The van der Waals surface area contributed by atoms with Gasteiger partial charge in [-0.3, -0.25) is 9.59 Å². The molecule has 168 valence electrons. The smallest absolute Gasteiger partial charge is 0.326 e. The SMILES string of the molecule is CC(C)C[C@@H](S)C(=O)NC1(C(=O)N[C@@H](Cc2c[nH]c3ccccc23)C(=O)O)CCCC1. The maximum Gasteiger partial charge on any atom is 0.326 e. The molecule has 0 saturated heterocycles. The molecule has 1 aliphatic carbocycles. The number of para-hydroxylation sites is 1. The Balaban J connectivity index is 1.74. The number of carboxylic acid groups (broad SMARTS) is 1. The second kappa shape index (κ2) is 9.77. The van der Waals surface area contributed by atoms with Crippen molar-refractivity contribution >= 4 is 41.3 Å². The van der Waals surface area contributed by atoms with Crippen LogP contribution in [0.1, 0.15) is 51.5 Å². The summed E-state index contributed by atoms with van der Waals surface area (Å²) in [7, 11) is 0. The van der Waals surface area contributed by atoms with Crippen LogP contribution in [0.25, 0.3) is 10.9 Å². The molecular weight excluding hydrogens is 414 g/mol. The molecule has 3 rings (SSSR count). The monoisotopic (exact) mass is 445 g/mol. The Labute approximate surface area is 187 Å². The second-order valence-electron chi connectivity index (χ2n) is 8.85. The third kappa shape index (κ3) is 5.42. The summed E-state index contributed by atoms with van der Waals surface area (Å²) < 4.78 is 0. The zero-order valence-corrected chi connectivity index (χ0v) is 18.9. The molecule has 0 bridgehead atoms. The van der Waals surface area contributed by atoms with Gasteiger partial charge in [0.2, 0.25) is 11.8 Å². The van der Waals surface area contributed by atoms with Gasteiger partial charge in [-0.15, -0.1) is 0 Å². The number of hydrogen-bond acceptors (Lipinski definition) is 4. The van der Waals surface area contributed by atoms with Crippen LogP contribution in [-0.2, 0) is 20.8 Å². The number of aliphatic carboxylic acids is 1. The molecule has 0 radical (unpaired) electrons. The number of fused-ring (bicyclic) bond motifs is 1. The van der Waals surface area contributed by atoms with Crippen molar-refractivity contribution in [3.8, 4) is 0 Å².